The fraction of sp³-hybridized carbons (Fsp3) is 0.625. The molecule has 3 nitrogen and oxygen atoms in total. The average Bonchev–Trinajstić information content (AvgIpc) is 2.45. The molecule has 0 aliphatic rings. The van der Waals surface area contributed by atoms with Crippen LogP contribution in [0.1, 0.15) is 44.1 Å². The van der Waals surface area contributed by atoms with E-state index in [1.807, 2.05) is 12.1 Å². The molecule has 19 heavy (non-hydrogen) atoms. The van der Waals surface area contributed by atoms with E-state index >= 15 is 0 Å². The van der Waals surface area contributed by atoms with Crippen molar-refractivity contribution >= 4 is 0 Å². The Balaban J connectivity index is 2.09. The van der Waals surface area contributed by atoms with E-state index in [0.29, 0.717) is 13.4 Å². The topological polar surface area (TPSA) is 38.7 Å². The second-order valence-corrected chi connectivity index (χ2v) is 4.79. The predicted octanol–water partition coefficient (Wildman–Crippen LogP) is 3.54. The van der Waals surface area contributed by atoms with Gasteiger partial charge in [0, 0.05) is 13.7 Å². The maximum atomic E-state index is 8.68. The highest BCUT2D eigenvalue weighted by Gasteiger charge is 1.96. The van der Waals surface area contributed by atoms with Crippen LogP contribution < -0.4 is 4.74 Å². The maximum Gasteiger partial charge on any atom is 0.188 e. The molecule has 1 aromatic carbocycles. The quantitative estimate of drug-likeness (QED) is 0.492. The van der Waals surface area contributed by atoms with Gasteiger partial charge in [-0.25, -0.2) is 0 Å². The average molecular weight is 266 g/mol. The number of aliphatic hydroxyl groups excluding tert-OH is 1. The fourth-order valence-corrected chi connectivity index (χ4v) is 2.03. The van der Waals surface area contributed by atoms with Gasteiger partial charge in [-0.15, -0.1) is 0 Å². The van der Waals surface area contributed by atoms with E-state index in [9.17, 15) is 0 Å². The van der Waals surface area contributed by atoms with Gasteiger partial charge in [0.15, 0.2) is 6.79 Å². The number of unbranched alkanes of at least 4 members (excludes halogenated alkanes) is 5. The Hall–Kier alpha value is -1.06. The van der Waals surface area contributed by atoms with Crippen LogP contribution in [0.3, 0.4) is 0 Å². The van der Waals surface area contributed by atoms with Crippen LogP contribution in [0.2, 0.25) is 0 Å². The summed E-state index contributed by atoms with van der Waals surface area (Å²) in [5.41, 5.74) is 1.36. The lowest BCUT2D eigenvalue weighted by atomic mass is 10.0. The molecule has 0 fully saturated rings. The van der Waals surface area contributed by atoms with Crippen LogP contribution in [-0.2, 0) is 11.2 Å². The summed E-state index contributed by atoms with van der Waals surface area (Å²) in [6.07, 6.45) is 8.25. The minimum atomic E-state index is 0.299. The Bertz CT molecular complexity index is 308. The molecule has 0 saturated carbocycles. The normalized spacial score (nSPS) is 10.6. The van der Waals surface area contributed by atoms with Crippen molar-refractivity contribution in [2.75, 3.05) is 20.5 Å². The van der Waals surface area contributed by atoms with Gasteiger partial charge in [-0.3, -0.25) is 0 Å². The third-order valence-electron chi connectivity index (χ3n) is 3.14. The molecule has 0 aromatic heterocycles. The Kier molecular flexibility index (Phi) is 9.11. The first-order valence-corrected chi connectivity index (χ1v) is 7.18. The molecule has 1 N–H and O–H groups in total. The van der Waals surface area contributed by atoms with Crippen molar-refractivity contribution in [1.29, 1.82) is 0 Å². The number of aliphatic hydroxyl groups is 1. The van der Waals surface area contributed by atoms with Crippen molar-refractivity contribution in [1.82, 2.24) is 0 Å². The standard InChI is InChI=1S/C16H26O3/c1-18-14-19-16-11-9-15(10-12-16)8-6-4-2-3-5-7-13-17/h9-12,17H,2-8,13-14H2,1H3. The van der Waals surface area contributed by atoms with E-state index in [1.54, 1.807) is 7.11 Å². The maximum absolute atomic E-state index is 8.68. The summed E-state index contributed by atoms with van der Waals surface area (Å²) in [7, 11) is 1.62. The molecule has 1 aromatic rings. The third kappa shape index (κ3) is 7.85. The molecule has 108 valence electrons. The second kappa shape index (κ2) is 10.8. The minimum absolute atomic E-state index is 0.299. The molecule has 0 spiro atoms. The molecule has 0 amide bonds. The number of rotatable bonds is 11. The van der Waals surface area contributed by atoms with Gasteiger partial charge in [-0.1, -0.05) is 37.8 Å². The molecular weight excluding hydrogens is 240 g/mol. The Morgan fingerprint density at radius 2 is 1.53 bits per heavy atom. The number of hydrogen-bond donors (Lipinski definition) is 1. The summed E-state index contributed by atoms with van der Waals surface area (Å²) in [4.78, 5) is 0. The van der Waals surface area contributed by atoms with E-state index in [4.69, 9.17) is 14.6 Å². The minimum Gasteiger partial charge on any atom is -0.468 e. The zero-order valence-corrected chi connectivity index (χ0v) is 11.9. The van der Waals surface area contributed by atoms with Gasteiger partial charge in [0.05, 0.1) is 0 Å². The highest BCUT2D eigenvalue weighted by atomic mass is 16.7. The largest absolute Gasteiger partial charge is 0.468 e. The number of ether oxygens (including phenoxy) is 2. The number of methoxy groups -OCH3 is 1. The summed E-state index contributed by atoms with van der Waals surface area (Å²) in [5, 5.41) is 8.68. The van der Waals surface area contributed by atoms with Gasteiger partial charge in [-0.05, 0) is 37.0 Å². The van der Waals surface area contributed by atoms with Crippen molar-refractivity contribution in [2.24, 2.45) is 0 Å². The molecule has 0 saturated heterocycles. The van der Waals surface area contributed by atoms with Crippen molar-refractivity contribution in [3.63, 3.8) is 0 Å². The third-order valence-corrected chi connectivity index (χ3v) is 3.14. The van der Waals surface area contributed by atoms with Crippen LogP contribution in [0.25, 0.3) is 0 Å². The van der Waals surface area contributed by atoms with E-state index in [1.165, 1.54) is 31.2 Å². The van der Waals surface area contributed by atoms with Gasteiger partial charge in [0.2, 0.25) is 0 Å². The van der Waals surface area contributed by atoms with Gasteiger partial charge >= 0.3 is 0 Å². The van der Waals surface area contributed by atoms with E-state index in [-0.39, 0.29) is 0 Å². The molecular formula is C16H26O3. The first-order chi connectivity index (χ1) is 9.36. The zero-order valence-electron chi connectivity index (χ0n) is 11.9. The highest BCUT2D eigenvalue weighted by Crippen LogP contribution is 2.15. The Labute approximate surface area is 116 Å². The number of benzene rings is 1. The molecule has 3 heteroatoms. The summed E-state index contributed by atoms with van der Waals surface area (Å²) >= 11 is 0. The van der Waals surface area contributed by atoms with Crippen LogP contribution in [0.4, 0.5) is 0 Å². The number of hydrogen-bond acceptors (Lipinski definition) is 3. The van der Waals surface area contributed by atoms with E-state index in [0.717, 1.165) is 25.0 Å². The van der Waals surface area contributed by atoms with Gasteiger partial charge in [-0.2, -0.15) is 0 Å². The monoisotopic (exact) mass is 266 g/mol. The smallest absolute Gasteiger partial charge is 0.188 e. The van der Waals surface area contributed by atoms with E-state index < -0.39 is 0 Å². The first-order valence-electron chi connectivity index (χ1n) is 7.18. The zero-order chi connectivity index (χ0) is 13.8. The fourth-order valence-electron chi connectivity index (χ4n) is 2.03. The lowest BCUT2D eigenvalue weighted by molar-refractivity contribution is 0.0511. The summed E-state index contributed by atoms with van der Waals surface area (Å²) in [6, 6.07) is 8.23. The van der Waals surface area contributed by atoms with Crippen LogP contribution in [-0.4, -0.2) is 25.6 Å². The molecule has 0 aliphatic carbocycles. The van der Waals surface area contributed by atoms with Crippen molar-refractivity contribution in [3.05, 3.63) is 29.8 Å². The molecule has 0 unspecified atom stereocenters. The van der Waals surface area contributed by atoms with Crippen LogP contribution >= 0.6 is 0 Å². The molecule has 0 aliphatic heterocycles. The SMILES string of the molecule is COCOc1ccc(CCCCCCCCO)cc1. The first kappa shape index (κ1) is 16.0. The Morgan fingerprint density at radius 3 is 2.16 bits per heavy atom. The molecule has 0 bridgehead atoms. The number of aryl methyl sites for hydroxylation is 1. The van der Waals surface area contributed by atoms with Crippen LogP contribution in [0, 0.1) is 0 Å². The van der Waals surface area contributed by atoms with Crippen molar-refractivity contribution in [2.45, 2.75) is 44.9 Å². The second-order valence-electron chi connectivity index (χ2n) is 4.79. The van der Waals surface area contributed by atoms with Gasteiger partial charge in [0.25, 0.3) is 0 Å². The lowest BCUT2D eigenvalue weighted by Crippen LogP contribution is -1.98. The molecule has 0 heterocycles. The summed E-state index contributed by atoms with van der Waals surface area (Å²) in [5.74, 6) is 0.856. The Morgan fingerprint density at radius 1 is 0.895 bits per heavy atom. The lowest BCUT2D eigenvalue weighted by Gasteiger charge is -2.06. The summed E-state index contributed by atoms with van der Waals surface area (Å²) in [6.45, 7) is 0.630. The highest BCUT2D eigenvalue weighted by molar-refractivity contribution is 5.27. The van der Waals surface area contributed by atoms with Gasteiger partial charge < -0.3 is 14.6 Å². The molecule has 0 atom stereocenters. The van der Waals surface area contributed by atoms with Gasteiger partial charge in [0.1, 0.15) is 5.75 Å². The summed E-state index contributed by atoms with van der Waals surface area (Å²) < 4.78 is 10.2. The predicted molar refractivity (Wildman–Crippen MR) is 77.4 cm³/mol. The van der Waals surface area contributed by atoms with E-state index in [2.05, 4.69) is 12.1 Å². The molecule has 0 radical (unpaired) electrons. The molecule has 1 rings (SSSR count). The van der Waals surface area contributed by atoms with Crippen molar-refractivity contribution < 1.29 is 14.6 Å². The van der Waals surface area contributed by atoms with Crippen molar-refractivity contribution in [3.8, 4) is 5.75 Å². The van der Waals surface area contributed by atoms with Crippen LogP contribution in [0.15, 0.2) is 24.3 Å². The van der Waals surface area contributed by atoms with Crippen LogP contribution in [0.5, 0.6) is 5.75 Å².